The van der Waals surface area contributed by atoms with Gasteiger partial charge in [-0.15, -0.1) is 11.3 Å². The Morgan fingerprint density at radius 2 is 1.73 bits per heavy atom. The fourth-order valence-corrected chi connectivity index (χ4v) is 7.03. The van der Waals surface area contributed by atoms with Crippen molar-refractivity contribution in [2.75, 3.05) is 6.61 Å². The molecule has 5 rings (SSSR count). The maximum Gasteiger partial charge on any atom is 0.344 e. The second-order valence-corrected chi connectivity index (χ2v) is 13.3. The van der Waals surface area contributed by atoms with Gasteiger partial charge in [-0.3, -0.25) is 0 Å². The number of rotatable bonds is 7. The average Bonchev–Trinajstić information content (AvgIpc) is 3.57. The number of hydrogen-bond donors (Lipinski definition) is 0. The van der Waals surface area contributed by atoms with Gasteiger partial charge in [-0.2, -0.15) is 0 Å². The van der Waals surface area contributed by atoms with Crippen LogP contribution in [0.4, 0.5) is 5.69 Å². The van der Waals surface area contributed by atoms with Crippen LogP contribution in [-0.4, -0.2) is 30.6 Å². The molecule has 0 aliphatic rings. The molecule has 0 amide bonds. The summed E-state index contributed by atoms with van der Waals surface area (Å²) in [4.78, 5) is 16.9. The van der Waals surface area contributed by atoms with E-state index in [1.807, 2.05) is 29.6 Å². The van der Waals surface area contributed by atoms with Gasteiger partial charge in [-0.1, -0.05) is 48.0 Å². The number of fused-ring (bicyclic) bond motifs is 1. The molecule has 0 bridgehead atoms. The zero-order chi connectivity index (χ0) is 29.4. The van der Waals surface area contributed by atoms with Crippen molar-refractivity contribution in [3.63, 3.8) is 0 Å². The van der Waals surface area contributed by atoms with E-state index in [9.17, 15) is 13.2 Å². The Balaban J connectivity index is 1.76. The number of para-hydroxylation sites is 2. The Morgan fingerprint density at radius 3 is 2.39 bits per heavy atom. The van der Waals surface area contributed by atoms with Crippen molar-refractivity contribution >= 4 is 55.5 Å². The molecule has 3 aromatic carbocycles. The van der Waals surface area contributed by atoms with Gasteiger partial charge in [0.05, 0.1) is 27.6 Å². The molecular formula is C31H25ClN2O5S2. The Morgan fingerprint density at radius 1 is 1.00 bits per heavy atom. The van der Waals surface area contributed by atoms with Crippen LogP contribution in [0, 0.1) is 6.57 Å². The average molecular weight is 605 g/mol. The van der Waals surface area contributed by atoms with Crippen LogP contribution in [-0.2, 0) is 19.6 Å². The molecule has 0 saturated carbocycles. The second kappa shape index (κ2) is 11.1. The first kappa shape index (κ1) is 28.4. The van der Waals surface area contributed by atoms with Crippen LogP contribution in [0.3, 0.4) is 0 Å². The highest BCUT2D eigenvalue weighted by atomic mass is 35.5. The van der Waals surface area contributed by atoms with Crippen molar-refractivity contribution in [3.05, 3.63) is 101 Å². The number of carbonyl (C=O) groups is 1. The van der Waals surface area contributed by atoms with Gasteiger partial charge >= 0.3 is 5.97 Å². The first-order valence-corrected chi connectivity index (χ1v) is 15.2. The van der Waals surface area contributed by atoms with E-state index in [1.165, 1.54) is 39.6 Å². The lowest BCUT2D eigenvalue weighted by atomic mass is 9.99. The number of nitrogens with zero attached hydrogens (tertiary/aromatic N) is 2. The van der Waals surface area contributed by atoms with Crippen LogP contribution < -0.4 is 4.74 Å². The van der Waals surface area contributed by atoms with Crippen LogP contribution >= 0.6 is 22.9 Å². The molecule has 0 radical (unpaired) electrons. The molecule has 0 unspecified atom stereocenters. The van der Waals surface area contributed by atoms with Crippen LogP contribution in [0.15, 0.2) is 89.1 Å². The van der Waals surface area contributed by atoms with E-state index in [1.54, 1.807) is 51.1 Å². The molecule has 0 aliphatic heterocycles. The highest BCUT2D eigenvalue weighted by Gasteiger charge is 2.30. The smallest absolute Gasteiger partial charge is 0.344 e. The number of ether oxygens (including phenoxy) is 2. The van der Waals surface area contributed by atoms with Crippen molar-refractivity contribution in [1.29, 1.82) is 0 Å². The summed E-state index contributed by atoms with van der Waals surface area (Å²) >= 11 is 7.44. The third-order valence-corrected chi connectivity index (χ3v) is 8.94. The van der Waals surface area contributed by atoms with Gasteiger partial charge in [-0.25, -0.2) is 22.0 Å². The Labute approximate surface area is 247 Å². The summed E-state index contributed by atoms with van der Waals surface area (Å²) < 4.78 is 40.9. The molecule has 0 fully saturated rings. The third-order valence-electron chi connectivity index (χ3n) is 6.08. The highest BCUT2D eigenvalue weighted by molar-refractivity contribution is 7.90. The van der Waals surface area contributed by atoms with Gasteiger partial charge in [0.25, 0.3) is 10.0 Å². The normalized spacial score (nSPS) is 11.8. The zero-order valence-electron chi connectivity index (χ0n) is 22.4. The monoisotopic (exact) mass is 604 g/mol. The fourth-order valence-electron chi connectivity index (χ4n) is 4.55. The predicted molar refractivity (Wildman–Crippen MR) is 162 cm³/mol. The molecule has 208 valence electrons. The lowest BCUT2D eigenvalue weighted by molar-refractivity contribution is -0.157. The van der Waals surface area contributed by atoms with Crippen molar-refractivity contribution < 1.29 is 22.7 Å². The highest BCUT2D eigenvalue weighted by Crippen LogP contribution is 2.49. The predicted octanol–water partition coefficient (Wildman–Crippen LogP) is 8.20. The van der Waals surface area contributed by atoms with E-state index in [4.69, 9.17) is 27.6 Å². The van der Waals surface area contributed by atoms with Gasteiger partial charge in [0.2, 0.25) is 5.69 Å². The minimum absolute atomic E-state index is 0.0758. The summed E-state index contributed by atoms with van der Waals surface area (Å²) in [6, 6.07) is 21.9. The quantitative estimate of drug-likeness (QED) is 0.138. The van der Waals surface area contributed by atoms with Gasteiger partial charge in [0.1, 0.15) is 11.4 Å². The first-order valence-electron chi connectivity index (χ1n) is 12.6. The molecule has 0 saturated heterocycles. The molecule has 5 aromatic rings. The van der Waals surface area contributed by atoms with Crippen LogP contribution in [0.5, 0.6) is 5.75 Å². The maximum absolute atomic E-state index is 14.2. The molecule has 0 N–H and O–H groups in total. The minimum Gasteiger partial charge on any atom is -0.493 e. The largest absolute Gasteiger partial charge is 0.493 e. The van der Waals surface area contributed by atoms with Gasteiger partial charge < -0.3 is 9.47 Å². The number of esters is 1. The first-order chi connectivity index (χ1) is 19.5. The molecule has 2 aromatic heterocycles. The Kier molecular flexibility index (Phi) is 7.66. The van der Waals surface area contributed by atoms with Gasteiger partial charge in [0.15, 0.2) is 6.61 Å². The van der Waals surface area contributed by atoms with Gasteiger partial charge in [-0.05, 0) is 74.2 Å². The maximum atomic E-state index is 14.2. The van der Waals surface area contributed by atoms with Crippen molar-refractivity contribution in [1.82, 2.24) is 3.97 Å². The van der Waals surface area contributed by atoms with E-state index >= 15 is 0 Å². The number of hydrogen-bond acceptors (Lipinski definition) is 6. The standard InChI is InChI=1S/C31H25ClN2O5S2/c1-31(2,3)39-27(35)19-38-25-12-7-10-23(29(25)33-4)28-22-9-5-6-11-24(22)34(30(28)26-13-8-18-40-26)41(36,37)21-16-14-20(32)15-17-21/h5-18H,19H2,1-3H3. The minimum atomic E-state index is -4.10. The van der Waals surface area contributed by atoms with E-state index < -0.39 is 21.6 Å². The van der Waals surface area contributed by atoms with E-state index in [0.717, 1.165) is 0 Å². The fraction of sp³-hybridized carbons (Fsp3) is 0.161. The summed E-state index contributed by atoms with van der Waals surface area (Å²) in [6.07, 6.45) is 0. The number of benzene rings is 3. The number of halogens is 1. The number of thiophene rings is 1. The molecule has 41 heavy (non-hydrogen) atoms. The van der Waals surface area contributed by atoms with Crippen molar-refractivity contribution in [2.24, 2.45) is 0 Å². The van der Waals surface area contributed by atoms with Crippen LogP contribution in [0.1, 0.15) is 20.8 Å². The Bertz CT molecular complexity index is 1900. The van der Waals surface area contributed by atoms with E-state index in [0.29, 0.717) is 37.6 Å². The number of aromatic nitrogens is 1. The van der Waals surface area contributed by atoms with Crippen molar-refractivity contribution in [2.45, 2.75) is 31.3 Å². The summed E-state index contributed by atoms with van der Waals surface area (Å²) in [5.74, 6) is -0.373. The summed E-state index contributed by atoms with van der Waals surface area (Å²) in [7, 11) is -4.10. The van der Waals surface area contributed by atoms with Crippen LogP contribution in [0.2, 0.25) is 5.02 Å². The van der Waals surface area contributed by atoms with Gasteiger partial charge in [0, 0.05) is 16.0 Å². The Hall–Kier alpha value is -4.10. The molecule has 7 nitrogen and oxygen atoms in total. The lowest BCUT2D eigenvalue weighted by Crippen LogP contribution is -2.27. The van der Waals surface area contributed by atoms with E-state index in [-0.39, 0.29) is 22.9 Å². The number of carbonyl (C=O) groups excluding carboxylic acids is 1. The molecule has 0 spiro atoms. The summed E-state index contributed by atoms with van der Waals surface area (Å²) in [6.45, 7) is 12.9. The summed E-state index contributed by atoms with van der Waals surface area (Å²) in [5.41, 5.74) is 1.39. The van der Waals surface area contributed by atoms with E-state index in [2.05, 4.69) is 4.85 Å². The SMILES string of the molecule is [C-]#[N+]c1c(OCC(=O)OC(C)(C)C)cccc1-c1c(-c2cccs2)n(S(=O)(=O)c2ccc(Cl)cc2)c2ccccc12. The van der Waals surface area contributed by atoms with Crippen LogP contribution in [0.25, 0.3) is 37.4 Å². The molecule has 10 heteroatoms. The summed E-state index contributed by atoms with van der Waals surface area (Å²) in [5, 5.41) is 2.93. The third kappa shape index (κ3) is 5.59. The molecule has 0 atom stereocenters. The zero-order valence-corrected chi connectivity index (χ0v) is 24.8. The van der Waals surface area contributed by atoms with Crippen molar-refractivity contribution in [3.8, 4) is 27.4 Å². The molecule has 2 heterocycles. The second-order valence-electron chi connectivity index (χ2n) is 10.1. The molecule has 0 aliphatic carbocycles. The topological polar surface area (TPSA) is 79.0 Å². The lowest BCUT2D eigenvalue weighted by Gasteiger charge is -2.20. The molecular weight excluding hydrogens is 580 g/mol.